The van der Waals surface area contributed by atoms with E-state index >= 15 is 0 Å². The summed E-state index contributed by atoms with van der Waals surface area (Å²) in [5, 5.41) is 0. The zero-order valence-corrected chi connectivity index (χ0v) is 23.3. The topological polar surface area (TPSA) is 65.6 Å². The molecule has 6 rings (SSSR count). The Kier molecular flexibility index (Phi) is 10.8. The second kappa shape index (κ2) is 14.9. The van der Waals surface area contributed by atoms with Crippen molar-refractivity contribution in [1.82, 2.24) is 0 Å². The predicted octanol–water partition coefficient (Wildman–Crippen LogP) is 6.86. The molecule has 4 atom stereocenters. The van der Waals surface area contributed by atoms with E-state index in [1.807, 2.05) is 48.5 Å². The Bertz CT molecular complexity index is 1310. The lowest BCUT2D eigenvalue weighted by Gasteiger charge is -2.18. The summed E-state index contributed by atoms with van der Waals surface area (Å²) < 4.78 is 0. The summed E-state index contributed by atoms with van der Waals surface area (Å²) in [6.45, 7) is 0. The van der Waals surface area contributed by atoms with Crippen molar-refractivity contribution in [3.8, 4) is 0 Å². The van der Waals surface area contributed by atoms with Gasteiger partial charge < -0.3 is 5.48 Å². The molecule has 3 nitrogen and oxygen atoms in total. The summed E-state index contributed by atoms with van der Waals surface area (Å²) in [7, 11) is 0. The number of benzene rings is 4. The van der Waals surface area contributed by atoms with Crippen molar-refractivity contribution in [3.05, 3.63) is 168 Å². The zero-order valence-electron chi connectivity index (χ0n) is 23.3. The van der Waals surface area contributed by atoms with Crippen LogP contribution in [-0.2, 0) is 35.3 Å². The summed E-state index contributed by atoms with van der Waals surface area (Å²) in [6.07, 6.45) is 11.3. The third-order valence-electron chi connectivity index (χ3n) is 8.01. The summed E-state index contributed by atoms with van der Waals surface area (Å²) in [4.78, 5) is 24.2. The molecule has 41 heavy (non-hydrogen) atoms. The standard InChI is InChI=1S/2C19H18O.H2O/c2*20-19-12-11-17(13-15-7-3-1-4-8-15)18(19)14-16-9-5-2-6-10-16;/h2*1-12,17-18H,13-14H2;1H2. The Hall–Kier alpha value is -4.34. The highest BCUT2D eigenvalue weighted by Crippen LogP contribution is 2.30. The van der Waals surface area contributed by atoms with Gasteiger partial charge in [-0.25, -0.2) is 0 Å². The highest BCUT2D eigenvalue weighted by atomic mass is 16.1. The molecule has 0 aromatic heterocycles. The van der Waals surface area contributed by atoms with Gasteiger partial charge in [0.15, 0.2) is 11.6 Å². The maximum atomic E-state index is 12.1. The zero-order chi connectivity index (χ0) is 27.6. The van der Waals surface area contributed by atoms with Gasteiger partial charge >= 0.3 is 0 Å². The molecular formula is C38H38O3. The number of carbonyl (C=O) groups is 2. The van der Waals surface area contributed by atoms with Crippen LogP contribution in [0.15, 0.2) is 146 Å². The first-order valence-corrected chi connectivity index (χ1v) is 14.3. The summed E-state index contributed by atoms with van der Waals surface area (Å²) in [5.74, 6) is 1.38. The van der Waals surface area contributed by atoms with Crippen molar-refractivity contribution < 1.29 is 15.1 Å². The van der Waals surface area contributed by atoms with Gasteiger partial charge in [0.2, 0.25) is 0 Å². The Balaban J connectivity index is 0.000000184. The molecule has 0 saturated heterocycles. The smallest absolute Gasteiger partial charge is 0.159 e. The third kappa shape index (κ3) is 8.33. The van der Waals surface area contributed by atoms with Crippen LogP contribution in [0.5, 0.6) is 0 Å². The second-order valence-corrected chi connectivity index (χ2v) is 10.8. The van der Waals surface area contributed by atoms with E-state index in [4.69, 9.17) is 0 Å². The lowest BCUT2D eigenvalue weighted by Crippen LogP contribution is -2.20. The van der Waals surface area contributed by atoms with E-state index in [1.165, 1.54) is 22.3 Å². The molecule has 0 aliphatic heterocycles. The molecule has 0 spiro atoms. The number of rotatable bonds is 8. The van der Waals surface area contributed by atoms with Crippen LogP contribution in [0.25, 0.3) is 0 Å². The lowest BCUT2D eigenvalue weighted by molar-refractivity contribution is -0.119. The van der Waals surface area contributed by atoms with Gasteiger partial charge in [-0.3, -0.25) is 9.59 Å². The van der Waals surface area contributed by atoms with Gasteiger partial charge in [-0.2, -0.15) is 0 Å². The molecule has 4 aromatic rings. The van der Waals surface area contributed by atoms with Gasteiger partial charge in [-0.1, -0.05) is 133 Å². The monoisotopic (exact) mass is 542 g/mol. The van der Waals surface area contributed by atoms with Crippen LogP contribution in [0.2, 0.25) is 0 Å². The molecule has 208 valence electrons. The van der Waals surface area contributed by atoms with E-state index in [2.05, 4.69) is 84.9 Å². The van der Waals surface area contributed by atoms with E-state index < -0.39 is 0 Å². The second-order valence-electron chi connectivity index (χ2n) is 10.8. The van der Waals surface area contributed by atoms with Crippen LogP contribution in [0.3, 0.4) is 0 Å². The first-order valence-electron chi connectivity index (χ1n) is 14.3. The van der Waals surface area contributed by atoms with E-state index in [-0.39, 0.29) is 28.9 Å². The van der Waals surface area contributed by atoms with Crippen LogP contribution in [0, 0.1) is 23.7 Å². The van der Waals surface area contributed by atoms with Crippen LogP contribution < -0.4 is 0 Å². The Labute approximate surface area is 243 Å². The van der Waals surface area contributed by atoms with Crippen LogP contribution in [-0.4, -0.2) is 17.0 Å². The van der Waals surface area contributed by atoms with Gasteiger partial charge in [-0.05, 0) is 71.9 Å². The van der Waals surface area contributed by atoms with E-state index in [0.717, 1.165) is 25.7 Å². The van der Waals surface area contributed by atoms with Crippen molar-refractivity contribution in [1.29, 1.82) is 0 Å². The van der Waals surface area contributed by atoms with E-state index in [1.54, 1.807) is 12.2 Å². The first kappa shape index (κ1) is 29.6. The SMILES string of the molecule is O.O=C1C=CC(Cc2ccccc2)C1Cc1ccccc1.O=C1C=CC(Cc2ccccc2)C1Cc1ccccc1. The largest absolute Gasteiger partial charge is 0.412 e. The molecule has 2 aliphatic rings. The number of allylic oxidation sites excluding steroid dienone is 4. The minimum absolute atomic E-state index is 0. The van der Waals surface area contributed by atoms with Crippen LogP contribution in [0.1, 0.15) is 22.3 Å². The van der Waals surface area contributed by atoms with E-state index in [0.29, 0.717) is 11.8 Å². The normalized spacial score (nSPS) is 20.8. The van der Waals surface area contributed by atoms with Crippen molar-refractivity contribution in [2.45, 2.75) is 25.7 Å². The lowest BCUT2D eigenvalue weighted by atomic mass is 9.84. The number of hydrogen-bond donors (Lipinski definition) is 0. The van der Waals surface area contributed by atoms with Gasteiger partial charge in [0.25, 0.3) is 0 Å². The third-order valence-corrected chi connectivity index (χ3v) is 8.01. The molecule has 4 aromatic carbocycles. The number of ketones is 2. The fourth-order valence-electron chi connectivity index (χ4n) is 5.81. The first-order chi connectivity index (χ1) is 19.7. The minimum atomic E-state index is 0. The summed E-state index contributed by atoms with van der Waals surface area (Å²) in [6, 6.07) is 41.4. The quantitative estimate of drug-likeness (QED) is 0.244. The maximum absolute atomic E-state index is 12.1. The molecule has 0 saturated carbocycles. The minimum Gasteiger partial charge on any atom is -0.412 e. The Morgan fingerprint density at radius 1 is 0.390 bits per heavy atom. The summed E-state index contributed by atoms with van der Waals surface area (Å²) >= 11 is 0. The molecule has 2 aliphatic carbocycles. The number of carbonyl (C=O) groups excluding carboxylic acids is 2. The molecular weight excluding hydrogens is 504 g/mol. The molecule has 4 unspecified atom stereocenters. The van der Waals surface area contributed by atoms with Gasteiger partial charge in [0.1, 0.15) is 0 Å². The van der Waals surface area contributed by atoms with Gasteiger partial charge in [0.05, 0.1) is 0 Å². The molecule has 0 amide bonds. The average Bonchev–Trinajstić information content (AvgIpc) is 3.52. The fraction of sp³-hybridized carbons (Fsp3) is 0.211. The Morgan fingerprint density at radius 2 is 0.659 bits per heavy atom. The molecule has 2 N–H and O–H groups in total. The molecule has 0 fully saturated rings. The number of hydrogen-bond acceptors (Lipinski definition) is 2. The van der Waals surface area contributed by atoms with Crippen molar-refractivity contribution >= 4 is 11.6 Å². The molecule has 0 heterocycles. The molecule has 3 heteroatoms. The van der Waals surface area contributed by atoms with Crippen molar-refractivity contribution in [3.63, 3.8) is 0 Å². The van der Waals surface area contributed by atoms with E-state index in [9.17, 15) is 9.59 Å². The summed E-state index contributed by atoms with van der Waals surface area (Å²) in [5.41, 5.74) is 5.09. The van der Waals surface area contributed by atoms with Crippen molar-refractivity contribution in [2.24, 2.45) is 23.7 Å². The highest BCUT2D eigenvalue weighted by Gasteiger charge is 2.31. The van der Waals surface area contributed by atoms with Crippen molar-refractivity contribution in [2.75, 3.05) is 0 Å². The molecule has 0 radical (unpaired) electrons. The van der Waals surface area contributed by atoms with Crippen LogP contribution >= 0.6 is 0 Å². The van der Waals surface area contributed by atoms with Gasteiger partial charge in [-0.15, -0.1) is 0 Å². The predicted molar refractivity (Wildman–Crippen MR) is 166 cm³/mol. The highest BCUT2D eigenvalue weighted by molar-refractivity contribution is 5.95. The fourth-order valence-corrected chi connectivity index (χ4v) is 5.81. The van der Waals surface area contributed by atoms with Crippen LogP contribution in [0.4, 0.5) is 0 Å². The average molecular weight is 543 g/mol. The Morgan fingerprint density at radius 3 is 0.951 bits per heavy atom. The maximum Gasteiger partial charge on any atom is 0.159 e. The van der Waals surface area contributed by atoms with Gasteiger partial charge in [0, 0.05) is 11.8 Å². The molecule has 0 bridgehead atoms.